The first-order valence-corrected chi connectivity index (χ1v) is 7.26. The Hall–Kier alpha value is -2.62. The second-order valence-electron chi connectivity index (χ2n) is 4.22. The van der Waals surface area contributed by atoms with Gasteiger partial charge < -0.3 is 0 Å². The van der Waals surface area contributed by atoms with Gasteiger partial charge in [0, 0.05) is 0 Å². The number of nitrogens with zero attached hydrogens (tertiary/aromatic N) is 2. The smallest absolute Gasteiger partial charge is 0.264 e. The zero-order chi connectivity index (χ0) is 15.9. The molecule has 0 aliphatic heterocycles. The highest BCUT2D eigenvalue weighted by Gasteiger charge is 2.23. The van der Waals surface area contributed by atoms with E-state index in [2.05, 4.69) is 14.9 Å². The highest BCUT2D eigenvalue weighted by molar-refractivity contribution is 7.93. The molecule has 3 aromatic rings. The summed E-state index contributed by atoms with van der Waals surface area (Å²) in [6.07, 6.45) is 0. The molecular formula is C12H6F3N3O3S. The van der Waals surface area contributed by atoms with E-state index in [4.69, 9.17) is 0 Å². The summed E-state index contributed by atoms with van der Waals surface area (Å²) in [5, 5.41) is 6.93. The zero-order valence-electron chi connectivity index (χ0n) is 10.5. The molecule has 22 heavy (non-hydrogen) atoms. The quantitative estimate of drug-likeness (QED) is 0.746. The maximum absolute atomic E-state index is 13.6. The van der Waals surface area contributed by atoms with Crippen LogP contribution in [0.25, 0.3) is 11.0 Å². The second kappa shape index (κ2) is 4.98. The topological polar surface area (TPSA) is 85.1 Å². The minimum Gasteiger partial charge on any atom is -0.276 e. The van der Waals surface area contributed by atoms with Crippen molar-refractivity contribution < 1.29 is 26.2 Å². The molecule has 0 unspecified atom stereocenters. The summed E-state index contributed by atoms with van der Waals surface area (Å²) >= 11 is 0. The van der Waals surface area contributed by atoms with Gasteiger partial charge in [0.15, 0.2) is 23.0 Å². The standard InChI is InChI=1S/C12H6F3N3O3S/c13-6-4-5-7(11(15)10(6)14)18-22(19,20)9-3-1-2-8-12(9)17-21-16-8/h1-5,18H. The molecule has 0 atom stereocenters. The first kappa shape index (κ1) is 14.3. The lowest BCUT2D eigenvalue weighted by Gasteiger charge is -2.09. The molecule has 1 heterocycles. The van der Waals surface area contributed by atoms with Crippen LogP contribution in [0.5, 0.6) is 0 Å². The van der Waals surface area contributed by atoms with E-state index in [9.17, 15) is 21.6 Å². The van der Waals surface area contributed by atoms with Gasteiger partial charge in [-0.2, -0.15) is 0 Å². The monoisotopic (exact) mass is 329 g/mol. The van der Waals surface area contributed by atoms with Crippen molar-refractivity contribution in [1.82, 2.24) is 10.3 Å². The molecular weight excluding hydrogens is 323 g/mol. The summed E-state index contributed by atoms with van der Waals surface area (Å²) in [7, 11) is -4.30. The number of aromatic nitrogens is 2. The predicted octanol–water partition coefficient (Wildman–Crippen LogP) is 2.44. The van der Waals surface area contributed by atoms with Gasteiger partial charge in [-0.3, -0.25) is 4.72 Å². The number of hydrogen-bond donors (Lipinski definition) is 1. The molecule has 0 saturated carbocycles. The van der Waals surface area contributed by atoms with E-state index in [0.29, 0.717) is 6.07 Å². The number of hydrogen-bond acceptors (Lipinski definition) is 5. The maximum atomic E-state index is 13.6. The van der Waals surface area contributed by atoms with Crippen LogP contribution in [-0.4, -0.2) is 18.7 Å². The van der Waals surface area contributed by atoms with E-state index in [1.165, 1.54) is 18.2 Å². The lowest BCUT2D eigenvalue weighted by atomic mass is 10.3. The van der Waals surface area contributed by atoms with E-state index in [0.717, 1.165) is 6.07 Å². The molecule has 10 heteroatoms. The van der Waals surface area contributed by atoms with Gasteiger partial charge in [0.25, 0.3) is 10.0 Å². The Morgan fingerprint density at radius 1 is 1.00 bits per heavy atom. The molecule has 0 bridgehead atoms. The van der Waals surface area contributed by atoms with E-state index in [1.54, 1.807) is 0 Å². The molecule has 2 aromatic carbocycles. The van der Waals surface area contributed by atoms with E-state index in [-0.39, 0.29) is 15.9 Å². The van der Waals surface area contributed by atoms with Crippen molar-refractivity contribution in [3.8, 4) is 0 Å². The van der Waals surface area contributed by atoms with E-state index < -0.39 is 33.2 Å². The summed E-state index contributed by atoms with van der Waals surface area (Å²) in [6, 6.07) is 5.40. The summed E-state index contributed by atoms with van der Waals surface area (Å²) in [5.74, 6) is -4.85. The van der Waals surface area contributed by atoms with Crippen LogP contribution in [0.4, 0.5) is 18.9 Å². The van der Waals surface area contributed by atoms with Crippen molar-refractivity contribution in [3.05, 3.63) is 47.8 Å². The summed E-state index contributed by atoms with van der Waals surface area (Å²) in [5.41, 5.74) is -0.626. The molecule has 0 amide bonds. The lowest BCUT2D eigenvalue weighted by Crippen LogP contribution is -2.15. The van der Waals surface area contributed by atoms with E-state index >= 15 is 0 Å². The average molecular weight is 329 g/mol. The van der Waals surface area contributed by atoms with Crippen molar-refractivity contribution in [2.45, 2.75) is 4.90 Å². The Bertz CT molecular complexity index is 972. The summed E-state index contributed by atoms with van der Waals surface area (Å²) in [4.78, 5) is -0.338. The van der Waals surface area contributed by atoms with Crippen LogP contribution in [0.3, 0.4) is 0 Å². The van der Waals surface area contributed by atoms with Crippen LogP contribution in [-0.2, 0) is 10.0 Å². The van der Waals surface area contributed by atoms with Gasteiger partial charge in [-0.05, 0) is 34.6 Å². The number of rotatable bonds is 3. The molecule has 1 aromatic heterocycles. The van der Waals surface area contributed by atoms with Crippen molar-refractivity contribution in [3.63, 3.8) is 0 Å². The van der Waals surface area contributed by atoms with Gasteiger partial charge in [0.1, 0.15) is 10.4 Å². The third-order valence-corrected chi connectivity index (χ3v) is 4.22. The fraction of sp³-hybridized carbons (Fsp3) is 0. The fourth-order valence-electron chi connectivity index (χ4n) is 1.80. The normalized spacial score (nSPS) is 11.8. The minimum atomic E-state index is -4.30. The molecule has 0 aliphatic carbocycles. The Balaban J connectivity index is 2.08. The van der Waals surface area contributed by atoms with Crippen molar-refractivity contribution in [2.75, 3.05) is 4.72 Å². The van der Waals surface area contributed by atoms with Gasteiger partial charge in [-0.15, -0.1) is 0 Å². The highest BCUT2D eigenvalue weighted by Crippen LogP contribution is 2.25. The summed E-state index contributed by atoms with van der Waals surface area (Å²) in [6.45, 7) is 0. The lowest BCUT2D eigenvalue weighted by molar-refractivity contribution is 0.315. The summed E-state index contributed by atoms with van der Waals surface area (Å²) < 4.78 is 70.4. The third-order valence-electron chi connectivity index (χ3n) is 2.82. The second-order valence-corrected chi connectivity index (χ2v) is 5.87. The van der Waals surface area contributed by atoms with Crippen LogP contribution in [0, 0.1) is 17.5 Å². The van der Waals surface area contributed by atoms with Crippen molar-refractivity contribution in [1.29, 1.82) is 0 Å². The van der Waals surface area contributed by atoms with Gasteiger partial charge in [-0.1, -0.05) is 6.07 Å². The molecule has 0 fully saturated rings. The number of sulfonamides is 1. The number of anilines is 1. The third kappa shape index (κ3) is 2.26. The van der Waals surface area contributed by atoms with Crippen LogP contribution in [0.2, 0.25) is 0 Å². The molecule has 6 nitrogen and oxygen atoms in total. The molecule has 0 aliphatic rings. The predicted molar refractivity (Wildman–Crippen MR) is 68.9 cm³/mol. The zero-order valence-corrected chi connectivity index (χ0v) is 11.4. The molecule has 114 valence electrons. The maximum Gasteiger partial charge on any atom is 0.264 e. The van der Waals surface area contributed by atoms with Gasteiger partial charge in [0.05, 0.1) is 5.69 Å². The Morgan fingerprint density at radius 2 is 1.77 bits per heavy atom. The Labute approximate surface area is 121 Å². The van der Waals surface area contributed by atoms with Gasteiger partial charge in [0.2, 0.25) is 0 Å². The Morgan fingerprint density at radius 3 is 2.55 bits per heavy atom. The molecule has 0 saturated heterocycles. The fourth-order valence-corrected chi connectivity index (χ4v) is 3.01. The largest absolute Gasteiger partial charge is 0.276 e. The average Bonchev–Trinajstić information content (AvgIpc) is 2.96. The van der Waals surface area contributed by atoms with Gasteiger partial charge >= 0.3 is 0 Å². The molecule has 0 spiro atoms. The van der Waals surface area contributed by atoms with E-state index in [1.807, 2.05) is 4.72 Å². The van der Waals surface area contributed by atoms with Crippen LogP contribution in [0.1, 0.15) is 0 Å². The molecule has 3 rings (SSSR count). The number of fused-ring (bicyclic) bond motifs is 1. The van der Waals surface area contributed by atoms with Gasteiger partial charge in [-0.25, -0.2) is 26.2 Å². The van der Waals surface area contributed by atoms with Crippen molar-refractivity contribution in [2.24, 2.45) is 0 Å². The van der Waals surface area contributed by atoms with Crippen LogP contribution < -0.4 is 4.72 Å². The van der Waals surface area contributed by atoms with Crippen LogP contribution in [0.15, 0.2) is 39.9 Å². The molecule has 1 N–H and O–H groups in total. The van der Waals surface area contributed by atoms with Crippen molar-refractivity contribution >= 4 is 26.7 Å². The Kier molecular flexibility index (Phi) is 3.24. The van der Waals surface area contributed by atoms with Crippen LogP contribution >= 0.6 is 0 Å². The first-order valence-electron chi connectivity index (χ1n) is 5.78. The SMILES string of the molecule is O=S(=O)(Nc1ccc(F)c(F)c1F)c1cccc2nonc12. The minimum absolute atomic E-state index is 0.0713. The number of halogens is 3. The molecule has 0 radical (unpaired) electrons. The highest BCUT2D eigenvalue weighted by atomic mass is 32.2. The first-order chi connectivity index (χ1) is 10.4. The number of nitrogens with one attached hydrogen (secondary N) is 1. The number of benzene rings is 2.